The molecule has 0 bridgehead atoms. The summed E-state index contributed by atoms with van der Waals surface area (Å²) in [4.78, 5) is 18.6. The van der Waals surface area contributed by atoms with Gasteiger partial charge in [-0.05, 0) is 36.9 Å². The van der Waals surface area contributed by atoms with Crippen LogP contribution in [0.15, 0.2) is 29.0 Å². The van der Waals surface area contributed by atoms with Gasteiger partial charge in [0.15, 0.2) is 0 Å². The van der Waals surface area contributed by atoms with E-state index in [9.17, 15) is 9.90 Å². The van der Waals surface area contributed by atoms with Crippen molar-refractivity contribution in [1.29, 1.82) is 0 Å². The van der Waals surface area contributed by atoms with Crippen LogP contribution in [-0.2, 0) is 0 Å². The minimum absolute atomic E-state index is 0.0385. The van der Waals surface area contributed by atoms with Crippen molar-refractivity contribution in [2.75, 3.05) is 13.1 Å². The maximum atomic E-state index is 12.4. The average molecular weight is 288 g/mol. The van der Waals surface area contributed by atoms with Gasteiger partial charge in [-0.2, -0.15) is 11.3 Å². The van der Waals surface area contributed by atoms with E-state index < -0.39 is 6.10 Å². The van der Waals surface area contributed by atoms with Gasteiger partial charge < -0.3 is 10.0 Å². The fraction of sp³-hybridized carbons (Fsp3) is 0.333. The molecule has 5 heteroatoms. The first-order valence-electron chi connectivity index (χ1n) is 6.62. The molecule has 1 N–H and O–H groups in total. The Labute approximate surface area is 121 Å². The highest BCUT2D eigenvalue weighted by molar-refractivity contribution is 7.08. The molecule has 0 aliphatic carbocycles. The first kappa shape index (κ1) is 13.3. The minimum Gasteiger partial charge on any atom is -0.391 e. The molecule has 2 aromatic rings. The standard InChI is InChI=1S/C15H16N2O2S/c1-10-13(15(19)17-6-4-12(18)8-17)2-3-14(16-10)11-5-7-20-9-11/h2-3,5,7,9,12,18H,4,6,8H2,1H3/t12-/m1/s1. The lowest BCUT2D eigenvalue weighted by molar-refractivity contribution is 0.0764. The lowest BCUT2D eigenvalue weighted by Crippen LogP contribution is -2.30. The molecule has 0 unspecified atom stereocenters. The van der Waals surface area contributed by atoms with Gasteiger partial charge in [-0.3, -0.25) is 9.78 Å². The second-order valence-electron chi connectivity index (χ2n) is 5.04. The summed E-state index contributed by atoms with van der Waals surface area (Å²) in [5, 5.41) is 13.6. The number of aliphatic hydroxyl groups excluding tert-OH is 1. The number of aromatic nitrogens is 1. The molecule has 1 amide bonds. The first-order chi connectivity index (χ1) is 9.65. The largest absolute Gasteiger partial charge is 0.391 e. The fourth-order valence-corrected chi connectivity index (χ4v) is 3.10. The minimum atomic E-state index is -0.391. The van der Waals surface area contributed by atoms with Crippen LogP contribution in [0.2, 0.25) is 0 Å². The van der Waals surface area contributed by atoms with E-state index in [2.05, 4.69) is 4.98 Å². The van der Waals surface area contributed by atoms with Gasteiger partial charge in [0.25, 0.3) is 5.91 Å². The van der Waals surface area contributed by atoms with Gasteiger partial charge in [0.1, 0.15) is 0 Å². The number of amides is 1. The summed E-state index contributed by atoms with van der Waals surface area (Å²) < 4.78 is 0. The fourth-order valence-electron chi connectivity index (χ4n) is 2.45. The van der Waals surface area contributed by atoms with E-state index in [0.717, 1.165) is 17.0 Å². The van der Waals surface area contributed by atoms with Crippen molar-refractivity contribution in [1.82, 2.24) is 9.88 Å². The van der Waals surface area contributed by atoms with Crippen LogP contribution in [0, 0.1) is 6.92 Å². The molecule has 4 nitrogen and oxygen atoms in total. The number of hydrogen-bond donors (Lipinski definition) is 1. The van der Waals surface area contributed by atoms with Gasteiger partial charge >= 0.3 is 0 Å². The number of carbonyl (C=O) groups is 1. The third-order valence-corrected chi connectivity index (χ3v) is 4.27. The van der Waals surface area contributed by atoms with Gasteiger partial charge in [0, 0.05) is 24.0 Å². The molecule has 0 radical (unpaired) electrons. The molecule has 0 saturated carbocycles. The number of likely N-dealkylation sites (tertiary alicyclic amines) is 1. The third-order valence-electron chi connectivity index (χ3n) is 3.58. The molecule has 0 aromatic carbocycles. The summed E-state index contributed by atoms with van der Waals surface area (Å²) in [7, 11) is 0. The Kier molecular flexibility index (Phi) is 3.54. The van der Waals surface area contributed by atoms with Gasteiger partial charge in [-0.15, -0.1) is 0 Å². The van der Waals surface area contributed by atoms with Crippen molar-refractivity contribution in [2.45, 2.75) is 19.4 Å². The van der Waals surface area contributed by atoms with E-state index in [1.165, 1.54) is 0 Å². The van der Waals surface area contributed by atoms with E-state index in [-0.39, 0.29) is 5.91 Å². The van der Waals surface area contributed by atoms with Crippen molar-refractivity contribution < 1.29 is 9.90 Å². The van der Waals surface area contributed by atoms with Crippen LogP contribution in [0.5, 0.6) is 0 Å². The van der Waals surface area contributed by atoms with Crippen molar-refractivity contribution in [3.63, 3.8) is 0 Å². The second-order valence-corrected chi connectivity index (χ2v) is 5.82. The van der Waals surface area contributed by atoms with E-state index >= 15 is 0 Å². The number of hydrogen-bond acceptors (Lipinski definition) is 4. The third kappa shape index (κ3) is 2.46. The summed E-state index contributed by atoms with van der Waals surface area (Å²) in [6.07, 6.45) is 0.267. The first-order valence-corrected chi connectivity index (χ1v) is 7.57. The maximum absolute atomic E-state index is 12.4. The molecular formula is C15H16N2O2S. The summed E-state index contributed by atoms with van der Waals surface area (Å²) in [6, 6.07) is 5.74. The Morgan fingerprint density at radius 2 is 2.30 bits per heavy atom. The van der Waals surface area contributed by atoms with Gasteiger partial charge in [-0.25, -0.2) is 0 Å². The lowest BCUT2D eigenvalue weighted by atomic mass is 10.1. The number of carbonyl (C=O) groups excluding carboxylic acids is 1. The molecular weight excluding hydrogens is 272 g/mol. The van der Waals surface area contributed by atoms with Crippen LogP contribution in [0.3, 0.4) is 0 Å². The summed E-state index contributed by atoms with van der Waals surface area (Å²) >= 11 is 1.63. The smallest absolute Gasteiger partial charge is 0.255 e. The number of thiophene rings is 1. The van der Waals surface area contributed by atoms with Crippen molar-refractivity contribution >= 4 is 17.2 Å². The van der Waals surface area contributed by atoms with E-state index in [1.807, 2.05) is 35.9 Å². The van der Waals surface area contributed by atoms with Crippen molar-refractivity contribution in [3.05, 3.63) is 40.2 Å². The average Bonchev–Trinajstić information content (AvgIpc) is 3.09. The molecule has 3 rings (SSSR count). The monoisotopic (exact) mass is 288 g/mol. The quantitative estimate of drug-likeness (QED) is 0.922. The zero-order valence-corrected chi connectivity index (χ0v) is 12.1. The SMILES string of the molecule is Cc1nc(-c2ccsc2)ccc1C(=O)N1CC[C@@H](O)C1. The Balaban J connectivity index is 1.86. The highest BCUT2D eigenvalue weighted by Gasteiger charge is 2.26. The van der Waals surface area contributed by atoms with Crippen LogP contribution >= 0.6 is 11.3 Å². The molecule has 0 spiro atoms. The van der Waals surface area contributed by atoms with E-state index in [1.54, 1.807) is 16.2 Å². The Morgan fingerprint density at radius 3 is 2.90 bits per heavy atom. The predicted molar refractivity (Wildman–Crippen MR) is 78.8 cm³/mol. The van der Waals surface area contributed by atoms with Crippen molar-refractivity contribution in [3.8, 4) is 11.3 Å². The Bertz CT molecular complexity index is 625. The molecule has 20 heavy (non-hydrogen) atoms. The van der Waals surface area contributed by atoms with Gasteiger partial charge in [-0.1, -0.05) is 0 Å². The predicted octanol–water partition coefficient (Wildman–Crippen LogP) is 2.33. The van der Waals surface area contributed by atoms with Crippen LogP contribution in [-0.4, -0.2) is 40.1 Å². The summed E-state index contributed by atoms with van der Waals surface area (Å²) in [5.74, 6) is -0.0385. The highest BCUT2D eigenvalue weighted by atomic mass is 32.1. The topological polar surface area (TPSA) is 53.4 Å². The Hall–Kier alpha value is -1.72. The van der Waals surface area contributed by atoms with Crippen LogP contribution < -0.4 is 0 Å². The normalized spacial score (nSPS) is 18.5. The summed E-state index contributed by atoms with van der Waals surface area (Å²) in [6.45, 7) is 2.89. The number of aliphatic hydroxyl groups is 1. The van der Waals surface area contributed by atoms with Crippen LogP contribution in [0.1, 0.15) is 22.5 Å². The molecule has 3 heterocycles. The van der Waals surface area contributed by atoms with Crippen LogP contribution in [0.25, 0.3) is 11.3 Å². The number of β-amino-alcohol motifs (C(OH)–C–C–N with tert-alkyl or cyclic N) is 1. The summed E-state index contributed by atoms with van der Waals surface area (Å²) in [5.41, 5.74) is 3.33. The zero-order valence-electron chi connectivity index (χ0n) is 11.2. The van der Waals surface area contributed by atoms with Crippen molar-refractivity contribution in [2.24, 2.45) is 0 Å². The van der Waals surface area contributed by atoms with E-state index in [4.69, 9.17) is 0 Å². The number of rotatable bonds is 2. The molecule has 104 valence electrons. The molecule has 1 saturated heterocycles. The van der Waals surface area contributed by atoms with Gasteiger partial charge in [0.05, 0.1) is 23.1 Å². The molecule has 1 aliphatic rings. The second kappa shape index (κ2) is 5.34. The number of nitrogens with zero attached hydrogens (tertiary/aromatic N) is 2. The zero-order chi connectivity index (χ0) is 14.1. The number of pyridine rings is 1. The molecule has 1 fully saturated rings. The lowest BCUT2D eigenvalue weighted by Gasteiger charge is -2.16. The highest BCUT2D eigenvalue weighted by Crippen LogP contribution is 2.22. The molecule has 1 aliphatic heterocycles. The number of aryl methyl sites for hydroxylation is 1. The molecule has 1 atom stereocenters. The Morgan fingerprint density at radius 1 is 1.45 bits per heavy atom. The molecule has 2 aromatic heterocycles. The van der Waals surface area contributed by atoms with Gasteiger partial charge in [0.2, 0.25) is 0 Å². The van der Waals surface area contributed by atoms with E-state index in [0.29, 0.717) is 25.1 Å². The maximum Gasteiger partial charge on any atom is 0.255 e. The van der Waals surface area contributed by atoms with Crippen LogP contribution in [0.4, 0.5) is 0 Å².